The summed E-state index contributed by atoms with van der Waals surface area (Å²) in [6.45, 7) is 2.04. The van der Waals surface area contributed by atoms with E-state index in [2.05, 4.69) is 21.6 Å². The van der Waals surface area contributed by atoms with Crippen LogP contribution in [0.25, 0.3) is 16.6 Å². The second-order valence-corrected chi connectivity index (χ2v) is 7.37. The van der Waals surface area contributed by atoms with Crippen LogP contribution in [0.15, 0.2) is 59.8 Å². The Hall–Kier alpha value is -3.39. The Morgan fingerprint density at radius 1 is 1.10 bits per heavy atom. The molecule has 2 heterocycles. The first-order valence-electron chi connectivity index (χ1n) is 8.91. The molecule has 0 atom stereocenters. The van der Waals surface area contributed by atoms with E-state index in [1.807, 2.05) is 35.6 Å². The minimum absolute atomic E-state index is 0.158. The van der Waals surface area contributed by atoms with Crippen LogP contribution in [0.5, 0.6) is 0 Å². The summed E-state index contributed by atoms with van der Waals surface area (Å²) in [5, 5.41) is 13.0. The third-order valence-electron chi connectivity index (χ3n) is 4.47. The molecule has 7 nitrogen and oxygen atoms in total. The van der Waals surface area contributed by atoms with Crippen LogP contribution in [-0.4, -0.2) is 39.3 Å². The first-order valence-corrected chi connectivity index (χ1v) is 9.90. The molecule has 29 heavy (non-hydrogen) atoms. The van der Waals surface area contributed by atoms with Crippen molar-refractivity contribution in [2.24, 2.45) is 0 Å². The van der Waals surface area contributed by atoms with Gasteiger partial charge in [-0.15, -0.1) is 10.2 Å². The molecule has 0 unspecified atom stereocenters. The number of fused-ring (bicyclic) bond motifs is 3. The third-order valence-corrected chi connectivity index (χ3v) is 5.40. The number of methoxy groups -OCH3 is 1. The fourth-order valence-electron chi connectivity index (χ4n) is 3.14. The van der Waals surface area contributed by atoms with Gasteiger partial charge in [0.15, 0.2) is 10.8 Å². The molecule has 8 heteroatoms. The van der Waals surface area contributed by atoms with Crippen LogP contribution in [0, 0.1) is 6.92 Å². The number of nitrogens with one attached hydrogen (secondary N) is 1. The first-order chi connectivity index (χ1) is 14.1. The summed E-state index contributed by atoms with van der Waals surface area (Å²) < 4.78 is 6.66. The Bertz CT molecular complexity index is 1240. The number of benzene rings is 2. The van der Waals surface area contributed by atoms with Crippen molar-refractivity contribution in [1.82, 2.24) is 14.6 Å². The lowest BCUT2D eigenvalue weighted by Gasteiger charge is -2.08. The highest BCUT2D eigenvalue weighted by molar-refractivity contribution is 7.99. The molecule has 1 N–H and O–H groups in total. The maximum atomic E-state index is 12.4. The molecular formula is C21H18N4O3S. The predicted molar refractivity (Wildman–Crippen MR) is 112 cm³/mol. The van der Waals surface area contributed by atoms with Crippen LogP contribution < -0.4 is 5.32 Å². The zero-order valence-electron chi connectivity index (χ0n) is 15.9. The number of aromatic nitrogens is 3. The highest BCUT2D eigenvalue weighted by Crippen LogP contribution is 2.25. The van der Waals surface area contributed by atoms with Crippen LogP contribution in [0.1, 0.15) is 15.9 Å². The van der Waals surface area contributed by atoms with Crippen LogP contribution in [-0.2, 0) is 9.53 Å². The number of thioether (sulfide) groups is 1. The van der Waals surface area contributed by atoms with E-state index in [0.717, 1.165) is 22.1 Å². The Morgan fingerprint density at radius 2 is 1.93 bits per heavy atom. The Morgan fingerprint density at radius 3 is 2.76 bits per heavy atom. The molecule has 0 spiro atoms. The average molecular weight is 406 g/mol. The van der Waals surface area contributed by atoms with Crippen molar-refractivity contribution >= 4 is 45.9 Å². The zero-order valence-corrected chi connectivity index (χ0v) is 16.7. The van der Waals surface area contributed by atoms with Gasteiger partial charge in [-0.2, -0.15) is 0 Å². The van der Waals surface area contributed by atoms with Gasteiger partial charge in [-0.1, -0.05) is 36.0 Å². The van der Waals surface area contributed by atoms with Gasteiger partial charge in [0.25, 0.3) is 0 Å². The number of hydrogen-bond acceptors (Lipinski definition) is 6. The summed E-state index contributed by atoms with van der Waals surface area (Å²) >= 11 is 1.31. The minimum Gasteiger partial charge on any atom is -0.465 e. The number of carbonyl (C=O) groups excluding carboxylic acids is 2. The molecular weight excluding hydrogens is 388 g/mol. The molecule has 0 fully saturated rings. The monoisotopic (exact) mass is 406 g/mol. The SMILES string of the molecule is COC(=O)c1cccc(NC(=O)CSc2nnc3cc(C)c4ccccc4n23)c1. The highest BCUT2D eigenvalue weighted by atomic mass is 32.2. The van der Waals surface area contributed by atoms with E-state index >= 15 is 0 Å². The molecule has 146 valence electrons. The van der Waals surface area contributed by atoms with Gasteiger partial charge in [0.1, 0.15) is 0 Å². The number of rotatable bonds is 5. The second kappa shape index (κ2) is 7.92. The van der Waals surface area contributed by atoms with Crippen molar-refractivity contribution in [1.29, 1.82) is 0 Å². The lowest BCUT2D eigenvalue weighted by molar-refractivity contribution is -0.113. The number of carbonyl (C=O) groups is 2. The maximum Gasteiger partial charge on any atom is 0.337 e. The summed E-state index contributed by atoms with van der Waals surface area (Å²) in [6.07, 6.45) is 0. The van der Waals surface area contributed by atoms with E-state index in [-0.39, 0.29) is 11.7 Å². The van der Waals surface area contributed by atoms with Crippen LogP contribution in [0.3, 0.4) is 0 Å². The Balaban J connectivity index is 1.52. The average Bonchev–Trinajstić information content (AvgIpc) is 3.15. The van der Waals surface area contributed by atoms with E-state index in [0.29, 0.717) is 16.4 Å². The van der Waals surface area contributed by atoms with Gasteiger partial charge in [-0.3, -0.25) is 9.20 Å². The molecule has 1 amide bonds. The predicted octanol–water partition coefficient (Wildman–Crippen LogP) is 3.71. The lowest BCUT2D eigenvalue weighted by Crippen LogP contribution is -2.15. The van der Waals surface area contributed by atoms with Crippen LogP contribution >= 0.6 is 11.8 Å². The van der Waals surface area contributed by atoms with Crippen molar-refractivity contribution in [3.05, 3.63) is 65.7 Å². The lowest BCUT2D eigenvalue weighted by atomic mass is 10.1. The quantitative estimate of drug-likeness (QED) is 0.402. The zero-order chi connectivity index (χ0) is 20.4. The summed E-state index contributed by atoms with van der Waals surface area (Å²) in [4.78, 5) is 24.0. The second-order valence-electron chi connectivity index (χ2n) is 6.43. The number of anilines is 1. The first kappa shape index (κ1) is 18.9. The highest BCUT2D eigenvalue weighted by Gasteiger charge is 2.14. The molecule has 0 saturated heterocycles. The third kappa shape index (κ3) is 3.79. The topological polar surface area (TPSA) is 85.6 Å². The normalized spacial score (nSPS) is 11.0. The summed E-state index contributed by atoms with van der Waals surface area (Å²) in [5.74, 6) is -0.497. The number of nitrogens with zero attached hydrogens (tertiary/aromatic N) is 3. The summed E-state index contributed by atoms with van der Waals surface area (Å²) in [5.41, 5.74) is 3.78. The number of pyridine rings is 1. The molecule has 0 radical (unpaired) electrons. The summed E-state index contributed by atoms with van der Waals surface area (Å²) in [7, 11) is 1.32. The van der Waals surface area contributed by atoms with Gasteiger partial charge in [-0.25, -0.2) is 4.79 Å². The van der Waals surface area contributed by atoms with Gasteiger partial charge in [-0.05, 0) is 42.8 Å². The molecule has 0 bridgehead atoms. The molecule has 0 aliphatic carbocycles. The summed E-state index contributed by atoms with van der Waals surface area (Å²) in [6, 6.07) is 16.6. The van der Waals surface area contributed by atoms with E-state index in [9.17, 15) is 9.59 Å². The maximum absolute atomic E-state index is 12.4. The smallest absolute Gasteiger partial charge is 0.337 e. The fourth-order valence-corrected chi connectivity index (χ4v) is 3.89. The Labute approximate surface area is 171 Å². The van der Waals surface area contributed by atoms with E-state index in [1.54, 1.807) is 24.3 Å². The van der Waals surface area contributed by atoms with Crippen molar-refractivity contribution < 1.29 is 14.3 Å². The molecule has 4 rings (SSSR count). The van der Waals surface area contributed by atoms with Gasteiger partial charge >= 0.3 is 5.97 Å². The van der Waals surface area contributed by atoms with Crippen molar-refractivity contribution in [3.63, 3.8) is 0 Å². The van der Waals surface area contributed by atoms with Crippen molar-refractivity contribution in [2.75, 3.05) is 18.2 Å². The van der Waals surface area contributed by atoms with Crippen molar-refractivity contribution in [2.45, 2.75) is 12.1 Å². The van der Waals surface area contributed by atoms with Gasteiger partial charge in [0.2, 0.25) is 5.91 Å². The number of hydrogen-bond donors (Lipinski definition) is 1. The molecule has 0 saturated carbocycles. The minimum atomic E-state index is -0.451. The molecule has 2 aromatic heterocycles. The number of aryl methyl sites for hydroxylation is 1. The standard InChI is InChI=1S/C21H18N4O3S/c1-13-10-18-23-24-21(25(18)17-9-4-3-8-16(13)17)29-12-19(26)22-15-7-5-6-14(11-15)20(27)28-2/h3-11H,12H2,1-2H3,(H,22,26). The van der Waals surface area contributed by atoms with E-state index in [4.69, 9.17) is 4.74 Å². The molecule has 0 aliphatic rings. The van der Waals surface area contributed by atoms with Gasteiger partial charge in [0, 0.05) is 11.1 Å². The number of amides is 1. The Kier molecular flexibility index (Phi) is 5.18. The van der Waals surface area contributed by atoms with Gasteiger partial charge in [0.05, 0.1) is 23.9 Å². The number of para-hydroxylation sites is 1. The van der Waals surface area contributed by atoms with Crippen molar-refractivity contribution in [3.8, 4) is 0 Å². The number of esters is 1. The van der Waals surface area contributed by atoms with Gasteiger partial charge < -0.3 is 10.1 Å². The molecule has 0 aliphatic heterocycles. The fraction of sp³-hybridized carbons (Fsp3) is 0.143. The van der Waals surface area contributed by atoms with Crippen LogP contribution in [0.2, 0.25) is 0 Å². The number of ether oxygens (including phenoxy) is 1. The largest absolute Gasteiger partial charge is 0.465 e. The van der Waals surface area contributed by atoms with Crippen LogP contribution in [0.4, 0.5) is 5.69 Å². The van der Waals surface area contributed by atoms with E-state index < -0.39 is 5.97 Å². The molecule has 4 aromatic rings. The van der Waals surface area contributed by atoms with E-state index in [1.165, 1.54) is 18.9 Å². The molecule has 2 aromatic carbocycles.